The van der Waals surface area contributed by atoms with Crippen molar-refractivity contribution in [1.29, 1.82) is 0 Å². The lowest BCUT2D eigenvalue weighted by molar-refractivity contribution is -0.432. The van der Waals surface area contributed by atoms with Gasteiger partial charge in [0.15, 0.2) is 0 Å². The second-order valence-corrected chi connectivity index (χ2v) is 33.9. The second kappa shape index (κ2) is 42.2. The average Bonchev–Trinajstić information content (AvgIpc) is 0.721. The number of anilines is 3. The summed E-state index contributed by atoms with van der Waals surface area (Å²) in [6.07, 6.45) is 14.0. The quantitative estimate of drug-likeness (QED) is 0.0113. The third kappa shape index (κ3) is 23.5. The molecule has 4 saturated carbocycles. The highest BCUT2D eigenvalue weighted by Gasteiger charge is 2.61. The Morgan fingerprint density at radius 3 is 1.95 bits per heavy atom. The number of benzene rings is 4. The highest BCUT2D eigenvalue weighted by atomic mass is 16.6. The summed E-state index contributed by atoms with van der Waals surface area (Å²) in [4.78, 5) is 136. The fourth-order valence-corrected chi connectivity index (χ4v) is 19.2. The Kier molecular flexibility index (Phi) is 32.4. The van der Waals surface area contributed by atoms with Gasteiger partial charge in [0.1, 0.15) is 18.7 Å². The number of alkyl carbamates (subject to hydrolysis) is 1. The lowest BCUT2D eigenvalue weighted by Crippen LogP contribution is -2.66. The smallest absolute Gasteiger partial charge is 0.407 e. The van der Waals surface area contributed by atoms with Gasteiger partial charge in [0.05, 0.1) is 88.0 Å². The zero-order valence-corrected chi connectivity index (χ0v) is 68.8. The Morgan fingerprint density at radius 2 is 1.22 bits per heavy atom. The fourth-order valence-electron chi connectivity index (χ4n) is 19.2. The first kappa shape index (κ1) is 89.1. The number of hydrogen-bond acceptors (Lipinski definition) is 16. The van der Waals surface area contributed by atoms with Crippen molar-refractivity contribution in [2.24, 2.45) is 57.3 Å². The van der Waals surface area contributed by atoms with E-state index in [9.17, 15) is 47.9 Å². The van der Waals surface area contributed by atoms with Gasteiger partial charge in [-0.25, -0.2) is 9.59 Å². The standard InChI is InChI=1S/C89H124N12O15/c1-58(2)78(99-76(103)38-46-112-48-50-114-52-53-115-51-49-113-47-45-93-75(102)36-37-77(104)101-56-64-18-8-7-16-60(64)24-25-63-17-9-10-21-72(63)101)81(107)98-71(20-13-44-94-84(92)110)80(106)96-66-31-22-59(23-32-66)57-116-85(111)95-43-12-11-19-70(91)79(105)97-67-33-27-62-29-35-74-87(4,69(62)55-67)40-15-42-89(74,6)83(109)100-82(108)88(5)41-14-39-86(3)68-54-65(90)30-26-61(68)28-34-73(86)88/h7-10,16-18,21-23,27,31-33,55,58,61,65,68,70-71,73-74,78H,11-15,19-20,26,28-30,34-54,56-57,90-91H2,1-6H3,(H,93,102)(H,95,111)(H,96,106)(H,97,105)(H,98,107)(H,99,103)(H3,92,94,110)(H,100,108,109)/p+1. The number of amides is 11. The lowest BCUT2D eigenvalue weighted by Gasteiger charge is -2.60. The summed E-state index contributed by atoms with van der Waals surface area (Å²) in [5.41, 5.74) is 21.8. The second-order valence-electron chi connectivity index (χ2n) is 33.9. The third-order valence-electron chi connectivity index (χ3n) is 25.5. The first-order chi connectivity index (χ1) is 55.7. The van der Waals surface area contributed by atoms with Gasteiger partial charge in [-0.15, -0.1) is 0 Å². The minimum atomic E-state index is -1.08. The van der Waals surface area contributed by atoms with Gasteiger partial charge in [-0.05, 0) is 201 Å². The van der Waals surface area contributed by atoms with Crippen molar-refractivity contribution in [1.82, 2.24) is 31.9 Å². The Labute approximate surface area is 683 Å². The number of nitrogens with zero attached hydrogens (tertiary/aromatic N) is 1. The number of aryl methyl sites for hydroxylation is 1. The summed E-state index contributed by atoms with van der Waals surface area (Å²) in [6.45, 7) is 15.4. The van der Waals surface area contributed by atoms with Crippen LogP contribution in [0.15, 0.2) is 91.0 Å². The third-order valence-corrected chi connectivity index (χ3v) is 25.5. The predicted molar refractivity (Wildman–Crippen MR) is 440 cm³/mol. The van der Waals surface area contributed by atoms with Gasteiger partial charge in [-0.2, -0.15) is 0 Å². The van der Waals surface area contributed by atoms with Crippen LogP contribution in [0.2, 0.25) is 0 Å². The van der Waals surface area contributed by atoms with Gasteiger partial charge in [-0.3, -0.25) is 43.7 Å². The minimum absolute atomic E-state index is 0.00802. The molecule has 0 bridgehead atoms. The van der Waals surface area contributed by atoms with Crippen molar-refractivity contribution >= 4 is 76.4 Å². The van der Waals surface area contributed by atoms with Crippen LogP contribution in [-0.4, -0.2) is 156 Å². The zero-order chi connectivity index (χ0) is 83.0. The van der Waals surface area contributed by atoms with Crippen molar-refractivity contribution < 1.29 is 77.4 Å². The van der Waals surface area contributed by atoms with E-state index in [0.29, 0.717) is 93.5 Å². The summed E-state index contributed by atoms with van der Waals surface area (Å²) >= 11 is 0. The highest BCUT2D eigenvalue weighted by molar-refractivity contribution is 6.02. The maximum atomic E-state index is 14.8. The summed E-state index contributed by atoms with van der Waals surface area (Å²) in [5.74, 6) is 4.97. The van der Waals surface area contributed by atoms with Crippen LogP contribution in [0, 0.1) is 57.7 Å². The Bertz CT molecular complexity index is 4150. The first-order valence-corrected chi connectivity index (χ1v) is 42.1. The number of carbonyl (C=O) groups excluding carboxylic acids is 10. The van der Waals surface area contributed by atoms with E-state index in [1.807, 2.05) is 54.6 Å². The van der Waals surface area contributed by atoms with Gasteiger partial charge >= 0.3 is 12.1 Å². The van der Waals surface area contributed by atoms with Gasteiger partial charge in [0.25, 0.3) is 0 Å². The van der Waals surface area contributed by atoms with Crippen molar-refractivity contribution in [2.45, 2.75) is 219 Å². The van der Waals surface area contributed by atoms with E-state index >= 15 is 0 Å². The predicted octanol–water partition coefficient (Wildman–Crippen LogP) is 8.65. The number of unbranched alkanes of at least 4 members (excludes halogenated alkanes) is 1. The molecule has 5 aliphatic carbocycles. The maximum Gasteiger partial charge on any atom is 0.407 e. The number of primary amides is 1. The number of rotatable bonds is 39. The monoisotopic (exact) mass is 1600 g/mol. The van der Waals surface area contributed by atoms with Crippen LogP contribution in [0.4, 0.5) is 26.7 Å². The van der Waals surface area contributed by atoms with Crippen LogP contribution in [0.5, 0.6) is 0 Å². The Hall–Kier alpha value is -9.30. The normalized spacial score (nSPS) is 23.7. The van der Waals surface area contributed by atoms with Crippen molar-refractivity contribution in [3.63, 3.8) is 0 Å². The summed E-state index contributed by atoms with van der Waals surface area (Å²) < 4.78 is 27.8. The Morgan fingerprint density at radius 1 is 0.586 bits per heavy atom. The van der Waals surface area contributed by atoms with E-state index in [1.54, 1.807) is 43.0 Å². The van der Waals surface area contributed by atoms with E-state index in [0.717, 1.165) is 92.1 Å². The van der Waals surface area contributed by atoms with E-state index in [1.165, 1.54) is 18.4 Å². The zero-order valence-electron chi connectivity index (χ0n) is 68.8. The van der Waals surface area contributed by atoms with Gasteiger partial charge in [0, 0.05) is 67.8 Å². The highest BCUT2D eigenvalue weighted by Crippen LogP contribution is 2.64. The average molecular weight is 1600 g/mol. The molecule has 11 amide bonds. The number of quaternary nitrogens is 1. The number of hydrogen-bond donors (Lipinski definition) is 11. The van der Waals surface area contributed by atoms with Gasteiger partial charge in [0.2, 0.25) is 47.3 Å². The molecule has 6 aliphatic rings. The molecule has 630 valence electrons. The molecular formula is C89H125N12O15+. The molecular weight excluding hydrogens is 1480 g/mol. The molecule has 1 heterocycles. The minimum Gasteiger partial charge on any atom is -0.445 e. The maximum absolute atomic E-state index is 14.8. The van der Waals surface area contributed by atoms with Crippen molar-refractivity contribution in [3.05, 3.63) is 124 Å². The van der Waals surface area contributed by atoms with Gasteiger partial charge in [-0.1, -0.05) is 115 Å². The molecule has 0 spiro atoms. The van der Waals surface area contributed by atoms with Crippen LogP contribution in [0.25, 0.3) is 0 Å². The topological polar surface area (TPSA) is 396 Å². The number of fused-ring (bicyclic) bond motifs is 8. The molecule has 27 heteroatoms. The van der Waals surface area contributed by atoms with E-state index in [2.05, 4.69) is 99.9 Å². The molecule has 1 aliphatic heterocycles. The lowest BCUT2D eigenvalue weighted by atomic mass is 9.44. The van der Waals surface area contributed by atoms with E-state index in [4.69, 9.17) is 35.2 Å². The molecule has 0 saturated heterocycles. The van der Waals surface area contributed by atoms with Crippen molar-refractivity contribution in [3.8, 4) is 11.8 Å². The summed E-state index contributed by atoms with van der Waals surface area (Å²) in [6, 6.07) is 24.7. The van der Waals surface area contributed by atoms with E-state index < -0.39 is 58.8 Å². The van der Waals surface area contributed by atoms with Crippen LogP contribution in [0.1, 0.15) is 203 Å². The molecule has 12 unspecified atom stereocenters. The molecule has 4 fully saturated rings. The van der Waals surface area contributed by atoms with E-state index in [-0.39, 0.29) is 143 Å². The van der Waals surface area contributed by atoms with Crippen molar-refractivity contribution in [2.75, 3.05) is 88.0 Å². The number of carbonyl (C=O) groups is 10. The number of ether oxygens (including phenoxy) is 5. The largest absolute Gasteiger partial charge is 0.445 e. The molecule has 0 radical (unpaired) electrons. The fraction of sp³-hybridized carbons (Fsp3) is 0.596. The number of para-hydroxylation sites is 1. The number of urea groups is 1. The molecule has 10 rings (SSSR count). The number of nitrogens with one attached hydrogen (secondary N) is 8. The Balaban J connectivity index is 0.566. The van der Waals surface area contributed by atoms with Crippen LogP contribution in [-0.2, 0) is 87.0 Å². The molecule has 12 atom stereocenters. The first-order valence-electron chi connectivity index (χ1n) is 42.1. The van der Waals surface area contributed by atoms with Crippen LogP contribution < -0.4 is 64.6 Å². The van der Waals surface area contributed by atoms with Crippen LogP contribution >= 0.6 is 0 Å². The molecule has 0 aromatic heterocycles. The van der Waals surface area contributed by atoms with Crippen LogP contribution in [0.3, 0.4) is 0 Å². The molecule has 116 heavy (non-hydrogen) atoms. The molecule has 4 aromatic rings. The van der Waals surface area contributed by atoms with Gasteiger partial charge < -0.3 is 83.0 Å². The molecule has 15 N–H and O–H groups in total. The molecule has 27 nitrogen and oxygen atoms in total. The SMILES string of the molecule is CC(C)C(NC(=O)CCOCCOCCOCCOCCNC(=O)CCC(=O)N1Cc2ccccc2C#Cc2ccccc21)C(=O)NC(CCCNC(N)=O)C(=O)Nc1ccc(COC(=O)NCCCCC(N)C(=O)Nc2ccc3c(c2)C2(C)CCCC(C)(C(=O)NC(=O)C4(C)CCCC5(C)C6CC([NH3+])CCC6CCC45)C2CC3)cc1. The molecule has 4 aromatic carbocycles. The number of nitrogens with two attached hydrogens (primary N) is 2. The number of imide groups is 1. The summed E-state index contributed by atoms with van der Waals surface area (Å²) in [5, 5.41) is 22.6. The summed E-state index contributed by atoms with van der Waals surface area (Å²) in [7, 11) is 0.